The van der Waals surface area contributed by atoms with Crippen LogP contribution in [0, 0.1) is 17.8 Å². The Bertz CT molecular complexity index is 1070. The molecule has 0 aliphatic carbocycles. The van der Waals surface area contributed by atoms with Gasteiger partial charge in [0.25, 0.3) is 0 Å². The van der Waals surface area contributed by atoms with E-state index in [4.69, 9.17) is 4.74 Å². The van der Waals surface area contributed by atoms with E-state index >= 15 is 0 Å². The van der Waals surface area contributed by atoms with Crippen LogP contribution in [0.3, 0.4) is 0 Å². The number of phenols is 1. The van der Waals surface area contributed by atoms with Crippen molar-refractivity contribution in [1.82, 2.24) is 5.32 Å². The van der Waals surface area contributed by atoms with Crippen LogP contribution in [0.4, 0.5) is 13.2 Å². The van der Waals surface area contributed by atoms with Gasteiger partial charge < -0.3 is 15.2 Å². The molecule has 0 aliphatic rings. The molecular weight excluding hydrogens is 435 g/mol. The minimum Gasteiger partial charge on any atom is -0.508 e. The van der Waals surface area contributed by atoms with E-state index in [0.29, 0.717) is 42.1 Å². The van der Waals surface area contributed by atoms with Gasteiger partial charge in [0.05, 0.1) is 17.7 Å². The van der Waals surface area contributed by atoms with Crippen LogP contribution < -0.4 is 5.32 Å². The Morgan fingerprint density at radius 2 is 1.76 bits per heavy atom. The molecule has 0 spiro atoms. The van der Waals surface area contributed by atoms with E-state index in [1.165, 1.54) is 6.07 Å². The number of benzene rings is 2. The number of hydrogen-bond donors (Lipinski definition) is 2. The minimum absolute atomic E-state index is 0.0812. The maximum Gasteiger partial charge on any atom is 0.417 e. The largest absolute Gasteiger partial charge is 0.508 e. The maximum absolute atomic E-state index is 13.3. The average molecular weight is 461 g/mol. The lowest BCUT2D eigenvalue weighted by molar-refractivity contribution is -0.137. The molecule has 0 bridgehead atoms. The molecule has 0 aliphatic heterocycles. The first kappa shape index (κ1) is 25.8. The first-order valence-corrected chi connectivity index (χ1v) is 10.5. The lowest BCUT2D eigenvalue weighted by Gasteiger charge is -2.11. The predicted molar refractivity (Wildman–Crippen MR) is 118 cm³/mol. The van der Waals surface area contributed by atoms with Crippen molar-refractivity contribution in [2.24, 2.45) is 5.92 Å². The van der Waals surface area contributed by atoms with Gasteiger partial charge in [-0.1, -0.05) is 25.7 Å². The van der Waals surface area contributed by atoms with Gasteiger partial charge in [0.2, 0.25) is 5.91 Å². The van der Waals surface area contributed by atoms with Crippen molar-refractivity contribution in [3.63, 3.8) is 0 Å². The molecule has 0 saturated heterocycles. The van der Waals surface area contributed by atoms with Crippen LogP contribution in [-0.2, 0) is 22.1 Å². The molecule has 2 N–H and O–H groups in total. The van der Waals surface area contributed by atoms with Crippen LogP contribution >= 0.6 is 0 Å². The van der Waals surface area contributed by atoms with Crippen LogP contribution in [0.15, 0.2) is 36.4 Å². The number of rotatable bonds is 7. The minimum atomic E-state index is -4.67. The summed E-state index contributed by atoms with van der Waals surface area (Å²) in [5.74, 6) is 4.05. The molecule has 1 amide bonds. The fourth-order valence-electron chi connectivity index (χ4n) is 2.97. The Morgan fingerprint density at radius 1 is 1.09 bits per heavy atom. The summed E-state index contributed by atoms with van der Waals surface area (Å²) in [4.78, 5) is 23.8. The zero-order valence-electron chi connectivity index (χ0n) is 18.7. The van der Waals surface area contributed by atoms with E-state index < -0.39 is 23.5 Å². The average Bonchev–Trinajstić information content (AvgIpc) is 2.75. The fourth-order valence-corrected chi connectivity index (χ4v) is 2.97. The van der Waals surface area contributed by atoms with E-state index in [0.717, 1.165) is 12.1 Å². The van der Waals surface area contributed by atoms with Gasteiger partial charge in [-0.05, 0) is 61.7 Å². The van der Waals surface area contributed by atoms with E-state index in [2.05, 4.69) is 17.2 Å². The third-order valence-corrected chi connectivity index (χ3v) is 4.70. The molecule has 176 valence electrons. The van der Waals surface area contributed by atoms with Crippen molar-refractivity contribution >= 4 is 11.9 Å². The number of carbonyl (C=O) groups excluding carboxylic acids is 2. The summed E-state index contributed by atoms with van der Waals surface area (Å²) < 4.78 is 45.0. The van der Waals surface area contributed by atoms with E-state index in [-0.39, 0.29) is 24.0 Å². The second kappa shape index (κ2) is 11.4. The summed E-state index contributed by atoms with van der Waals surface area (Å²) in [7, 11) is 0. The zero-order chi connectivity index (χ0) is 24.6. The van der Waals surface area contributed by atoms with E-state index in [1.54, 1.807) is 32.9 Å². The molecule has 0 heterocycles. The lowest BCUT2D eigenvalue weighted by Crippen LogP contribution is -2.28. The van der Waals surface area contributed by atoms with E-state index in [1.807, 2.05) is 0 Å². The van der Waals surface area contributed by atoms with Gasteiger partial charge in [0.15, 0.2) is 0 Å². The zero-order valence-corrected chi connectivity index (χ0v) is 18.7. The molecule has 0 fully saturated rings. The molecule has 0 atom stereocenters. The highest BCUT2D eigenvalue weighted by Crippen LogP contribution is 2.33. The van der Waals surface area contributed by atoms with Gasteiger partial charge in [-0.3, -0.25) is 4.79 Å². The Labute approximate surface area is 191 Å². The Kier molecular flexibility index (Phi) is 8.92. The van der Waals surface area contributed by atoms with Crippen molar-refractivity contribution in [3.05, 3.63) is 64.2 Å². The number of nitrogens with one attached hydrogen (secondary N) is 1. The van der Waals surface area contributed by atoms with Crippen molar-refractivity contribution in [2.45, 2.75) is 39.8 Å². The number of carbonyl (C=O) groups is 2. The molecule has 5 nitrogen and oxygen atoms in total. The Hall–Kier alpha value is -3.47. The summed E-state index contributed by atoms with van der Waals surface area (Å²) in [6, 6.07) is 7.56. The summed E-state index contributed by atoms with van der Waals surface area (Å²) in [6.45, 7) is 5.86. The molecule has 0 unspecified atom stereocenters. The fraction of sp³-hybridized carbons (Fsp3) is 0.360. The molecule has 0 radical (unpaired) electrons. The Morgan fingerprint density at radius 3 is 2.39 bits per heavy atom. The van der Waals surface area contributed by atoms with Crippen molar-refractivity contribution < 1.29 is 32.6 Å². The molecule has 8 heteroatoms. The standard InChI is InChI=1S/C25H26F3NO4/c1-4-33-24(32)20-10-8-17(19(14-20)6-5-13-29-23(31)16(2)3)7-9-18-11-12-21(30)15-22(18)25(26,27)28/h8,10-12,14-16,30H,4-6,13H2,1-3H3,(H,29,31). The molecule has 2 aromatic rings. The van der Waals surface area contributed by atoms with Gasteiger partial charge in [-0.15, -0.1) is 0 Å². The van der Waals surface area contributed by atoms with Crippen molar-refractivity contribution in [3.8, 4) is 17.6 Å². The number of ether oxygens (including phenoxy) is 1. The van der Waals surface area contributed by atoms with Crippen LogP contribution in [0.25, 0.3) is 0 Å². The molecule has 0 saturated carbocycles. The summed E-state index contributed by atoms with van der Waals surface area (Å²) in [5.41, 5.74) is 0.115. The first-order valence-electron chi connectivity index (χ1n) is 10.5. The van der Waals surface area contributed by atoms with Crippen LogP contribution in [0.2, 0.25) is 0 Å². The molecule has 2 aromatic carbocycles. The van der Waals surface area contributed by atoms with Crippen molar-refractivity contribution in [2.75, 3.05) is 13.2 Å². The normalized spacial score (nSPS) is 11.0. The summed E-state index contributed by atoms with van der Waals surface area (Å²) >= 11 is 0. The molecule has 33 heavy (non-hydrogen) atoms. The third-order valence-electron chi connectivity index (χ3n) is 4.70. The number of alkyl halides is 3. The second-order valence-corrected chi connectivity index (χ2v) is 7.62. The van der Waals surface area contributed by atoms with Crippen LogP contribution in [-0.4, -0.2) is 30.1 Å². The number of halogens is 3. The molecular formula is C25H26F3NO4. The van der Waals surface area contributed by atoms with Gasteiger partial charge in [0, 0.05) is 23.6 Å². The highest BCUT2D eigenvalue weighted by atomic mass is 19.4. The third kappa shape index (κ3) is 7.56. The van der Waals surface area contributed by atoms with Crippen molar-refractivity contribution in [1.29, 1.82) is 0 Å². The van der Waals surface area contributed by atoms with Gasteiger partial charge in [-0.25, -0.2) is 4.79 Å². The highest BCUT2D eigenvalue weighted by molar-refractivity contribution is 5.89. The quantitative estimate of drug-likeness (QED) is 0.356. The lowest BCUT2D eigenvalue weighted by atomic mass is 9.99. The van der Waals surface area contributed by atoms with Gasteiger partial charge in [-0.2, -0.15) is 13.2 Å². The predicted octanol–water partition coefficient (Wildman–Crippen LogP) is 4.69. The smallest absolute Gasteiger partial charge is 0.417 e. The SMILES string of the molecule is CCOC(=O)c1ccc(C#Cc2ccc(O)cc2C(F)(F)F)c(CCCNC(=O)C(C)C)c1. The summed E-state index contributed by atoms with van der Waals surface area (Å²) in [6.07, 6.45) is -3.68. The second-order valence-electron chi connectivity index (χ2n) is 7.62. The van der Waals surface area contributed by atoms with Gasteiger partial charge in [0.1, 0.15) is 5.75 Å². The molecule has 2 rings (SSSR count). The number of esters is 1. The first-order chi connectivity index (χ1) is 15.5. The topological polar surface area (TPSA) is 75.6 Å². The monoisotopic (exact) mass is 461 g/mol. The Balaban J connectivity index is 2.35. The van der Waals surface area contributed by atoms with Crippen LogP contribution in [0.5, 0.6) is 5.75 Å². The maximum atomic E-state index is 13.3. The number of aromatic hydroxyl groups is 1. The number of phenolic OH excluding ortho intramolecular Hbond substituents is 1. The highest BCUT2D eigenvalue weighted by Gasteiger charge is 2.33. The van der Waals surface area contributed by atoms with Crippen LogP contribution in [0.1, 0.15) is 59.8 Å². The number of hydrogen-bond acceptors (Lipinski definition) is 4. The summed E-state index contributed by atoms with van der Waals surface area (Å²) in [5, 5.41) is 12.2. The van der Waals surface area contributed by atoms with Gasteiger partial charge >= 0.3 is 12.1 Å². The van der Waals surface area contributed by atoms with E-state index in [9.17, 15) is 27.9 Å². The molecule has 0 aromatic heterocycles. The number of amides is 1. The number of aryl methyl sites for hydroxylation is 1.